The third-order valence-electron chi connectivity index (χ3n) is 4.64. The Bertz CT molecular complexity index is 1040. The molecule has 1 aromatic carbocycles. The summed E-state index contributed by atoms with van der Waals surface area (Å²) in [5.74, 6) is 0.177. The van der Waals surface area contributed by atoms with E-state index in [9.17, 15) is 9.59 Å². The first kappa shape index (κ1) is 22.9. The number of nitrogens with zero attached hydrogens (tertiary/aromatic N) is 2. The molecule has 2 heterocycles. The highest BCUT2D eigenvalue weighted by Crippen LogP contribution is 2.23. The van der Waals surface area contributed by atoms with Gasteiger partial charge in [0, 0.05) is 29.8 Å². The number of ketones is 1. The SMILES string of the molecule is C=C(Nc1ccccc1)C1=C(NCc2ccnc(N)c2)CN(C(=O)OC(C)(C)C)CC1=O. The van der Waals surface area contributed by atoms with Crippen molar-refractivity contribution in [1.82, 2.24) is 15.2 Å². The van der Waals surface area contributed by atoms with Crippen LogP contribution in [0.15, 0.2) is 72.2 Å². The maximum Gasteiger partial charge on any atom is 0.411 e. The molecule has 0 atom stereocenters. The number of nitrogens with two attached hydrogens (primary N) is 1. The Balaban J connectivity index is 1.87. The summed E-state index contributed by atoms with van der Waals surface area (Å²) in [7, 11) is 0. The van der Waals surface area contributed by atoms with Crippen LogP contribution in [-0.4, -0.2) is 40.5 Å². The average Bonchev–Trinajstić information content (AvgIpc) is 2.71. The minimum atomic E-state index is -0.662. The fourth-order valence-electron chi connectivity index (χ4n) is 3.27. The van der Waals surface area contributed by atoms with Crippen molar-refractivity contribution < 1.29 is 14.3 Å². The van der Waals surface area contributed by atoms with Crippen LogP contribution < -0.4 is 16.4 Å². The Morgan fingerprint density at radius 3 is 2.59 bits per heavy atom. The lowest BCUT2D eigenvalue weighted by atomic mass is 10.0. The van der Waals surface area contributed by atoms with Gasteiger partial charge in [-0.3, -0.25) is 9.69 Å². The number of carbonyl (C=O) groups is 2. The molecule has 168 valence electrons. The van der Waals surface area contributed by atoms with Gasteiger partial charge in [-0.2, -0.15) is 0 Å². The zero-order valence-corrected chi connectivity index (χ0v) is 18.6. The van der Waals surface area contributed by atoms with Crippen LogP contribution in [-0.2, 0) is 16.1 Å². The number of benzene rings is 1. The van der Waals surface area contributed by atoms with Crippen LogP contribution in [0.25, 0.3) is 0 Å². The first-order valence-electron chi connectivity index (χ1n) is 10.3. The summed E-state index contributed by atoms with van der Waals surface area (Å²) < 4.78 is 5.47. The largest absolute Gasteiger partial charge is 0.444 e. The molecule has 0 radical (unpaired) electrons. The van der Waals surface area contributed by atoms with E-state index in [1.807, 2.05) is 36.4 Å². The van der Waals surface area contributed by atoms with E-state index in [2.05, 4.69) is 22.2 Å². The van der Waals surface area contributed by atoms with E-state index in [-0.39, 0.29) is 18.9 Å². The number of ether oxygens (including phenoxy) is 1. The Labute approximate surface area is 188 Å². The van der Waals surface area contributed by atoms with Crippen LogP contribution in [0.3, 0.4) is 0 Å². The second kappa shape index (κ2) is 9.55. The first-order valence-corrected chi connectivity index (χ1v) is 10.3. The van der Waals surface area contributed by atoms with Crippen molar-refractivity contribution >= 4 is 23.4 Å². The van der Waals surface area contributed by atoms with Crippen LogP contribution in [0.2, 0.25) is 0 Å². The summed E-state index contributed by atoms with van der Waals surface area (Å²) in [5.41, 5.74) is 8.29. The number of Topliss-reactive ketones (excluding diaryl/α,β-unsaturated/α-hetero) is 1. The molecule has 3 rings (SSSR count). The van der Waals surface area contributed by atoms with Crippen molar-refractivity contribution in [3.63, 3.8) is 0 Å². The number of pyridine rings is 1. The van der Waals surface area contributed by atoms with E-state index >= 15 is 0 Å². The maximum absolute atomic E-state index is 13.1. The molecule has 0 bridgehead atoms. The second-order valence-corrected chi connectivity index (χ2v) is 8.53. The third kappa shape index (κ3) is 6.10. The lowest BCUT2D eigenvalue weighted by molar-refractivity contribution is -0.117. The molecule has 0 saturated heterocycles. The number of aromatic nitrogens is 1. The maximum atomic E-state index is 13.1. The molecule has 32 heavy (non-hydrogen) atoms. The van der Waals surface area contributed by atoms with Gasteiger partial charge < -0.3 is 21.1 Å². The fraction of sp³-hybridized carbons (Fsp3) is 0.292. The summed E-state index contributed by atoms with van der Waals surface area (Å²) in [4.78, 5) is 31.1. The van der Waals surface area contributed by atoms with Gasteiger partial charge in [0.25, 0.3) is 0 Å². The van der Waals surface area contributed by atoms with Gasteiger partial charge in [-0.15, -0.1) is 0 Å². The van der Waals surface area contributed by atoms with Crippen LogP contribution >= 0.6 is 0 Å². The predicted octanol–water partition coefficient (Wildman–Crippen LogP) is 3.45. The van der Waals surface area contributed by atoms with E-state index in [1.165, 1.54) is 4.90 Å². The van der Waals surface area contributed by atoms with Crippen LogP contribution in [0.5, 0.6) is 0 Å². The fourth-order valence-corrected chi connectivity index (χ4v) is 3.27. The number of hydrogen-bond donors (Lipinski definition) is 3. The topological polar surface area (TPSA) is 110 Å². The molecule has 1 aliphatic heterocycles. The smallest absolute Gasteiger partial charge is 0.411 e. The highest BCUT2D eigenvalue weighted by Gasteiger charge is 2.32. The number of carbonyl (C=O) groups excluding carboxylic acids is 2. The quantitative estimate of drug-likeness (QED) is 0.637. The molecular weight excluding hydrogens is 406 g/mol. The van der Waals surface area contributed by atoms with Crippen molar-refractivity contribution in [2.24, 2.45) is 0 Å². The molecule has 4 N–H and O–H groups in total. The minimum Gasteiger partial charge on any atom is -0.444 e. The molecule has 8 heteroatoms. The number of nitrogens with one attached hydrogen (secondary N) is 2. The lowest BCUT2D eigenvalue weighted by Crippen LogP contribution is -2.47. The number of amides is 1. The number of para-hydroxylation sites is 1. The van der Waals surface area contributed by atoms with E-state index in [0.717, 1.165) is 11.3 Å². The average molecular weight is 436 g/mol. The number of anilines is 2. The van der Waals surface area contributed by atoms with Crippen molar-refractivity contribution in [1.29, 1.82) is 0 Å². The van der Waals surface area contributed by atoms with Gasteiger partial charge in [0.15, 0.2) is 5.78 Å². The zero-order valence-electron chi connectivity index (χ0n) is 18.6. The highest BCUT2D eigenvalue weighted by atomic mass is 16.6. The Kier molecular flexibility index (Phi) is 6.82. The summed E-state index contributed by atoms with van der Waals surface area (Å²) in [5, 5.41) is 6.47. The van der Waals surface area contributed by atoms with E-state index in [1.54, 1.807) is 33.0 Å². The number of allylic oxidation sites excluding steroid dienone is 1. The normalized spacial score (nSPS) is 14.2. The third-order valence-corrected chi connectivity index (χ3v) is 4.64. The molecule has 0 spiro atoms. The molecule has 0 fully saturated rings. The van der Waals surface area contributed by atoms with Crippen molar-refractivity contribution in [3.05, 3.63) is 77.8 Å². The molecular formula is C24H29N5O3. The molecule has 1 amide bonds. The summed E-state index contributed by atoms with van der Waals surface area (Å²) in [6.45, 7) is 9.94. The first-order chi connectivity index (χ1) is 15.1. The van der Waals surface area contributed by atoms with Crippen molar-refractivity contribution in [2.75, 3.05) is 24.1 Å². The molecule has 0 unspecified atom stereocenters. The monoisotopic (exact) mass is 435 g/mol. The number of nitrogen functional groups attached to an aromatic ring is 1. The van der Waals surface area contributed by atoms with Crippen LogP contribution in [0.4, 0.5) is 16.3 Å². The summed E-state index contributed by atoms with van der Waals surface area (Å²) >= 11 is 0. The Morgan fingerprint density at radius 2 is 1.94 bits per heavy atom. The van der Waals surface area contributed by atoms with E-state index in [4.69, 9.17) is 10.5 Å². The van der Waals surface area contributed by atoms with Gasteiger partial charge in [0.1, 0.15) is 11.4 Å². The second-order valence-electron chi connectivity index (χ2n) is 8.53. The Hall–Kier alpha value is -3.81. The van der Waals surface area contributed by atoms with Crippen LogP contribution in [0, 0.1) is 0 Å². The van der Waals surface area contributed by atoms with Gasteiger partial charge in [-0.25, -0.2) is 9.78 Å². The standard InChI is InChI=1S/C24H29N5O3/c1-16(28-18-8-6-5-7-9-18)22-19(27-13-17-10-11-26-21(25)12-17)14-29(15-20(22)30)23(31)32-24(2,3)4/h5-12,27-28H,1,13-15H2,2-4H3,(H2,25,26). The van der Waals surface area contributed by atoms with Gasteiger partial charge in [0.2, 0.25) is 0 Å². The van der Waals surface area contributed by atoms with Gasteiger partial charge >= 0.3 is 6.09 Å². The van der Waals surface area contributed by atoms with Crippen molar-refractivity contribution in [3.8, 4) is 0 Å². The summed E-state index contributed by atoms with van der Waals surface area (Å²) in [6, 6.07) is 13.0. The number of rotatable bonds is 6. The lowest BCUT2D eigenvalue weighted by Gasteiger charge is -2.33. The summed E-state index contributed by atoms with van der Waals surface area (Å²) in [6.07, 6.45) is 1.08. The molecule has 8 nitrogen and oxygen atoms in total. The van der Waals surface area contributed by atoms with E-state index in [0.29, 0.717) is 29.3 Å². The van der Waals surface area contributed by atoms with Crippen molar-refractivity contribution in [2.45, 2.75) is 32.9 Å². The predicted molar refractivity (Wildman–Crippen MR) is 125 cm³/mol. The molecule has 1 aliphatic rings. The highest BCUT2D eigenvalue weighted by molar-refractivity contribution is 6.04. The van der Waals surface area contributed by atoms with Crippen LogP contribution in [0.1, 0.15) is 26.3 Å². The number of hydrogen-bond acceptors (Lipinski definition) is 7. The minimum absolute atomic E-state index is 0.0902. The molecule has 0 aliphatic carbocycles. The molecule has 0 saturated carbocycles. The van der Waals surface area contributed by atoms with Gasteiger partial charge in [-0.1, -0.05) is 24.8 Å². The molecule has 2 aromatic rings. The Morgan fingerprint density at radius 1 is 1.22 bits per heavy atom. The molecule has 1 aromatic heterocycles. The van der Waals surface area contributed by atoms with E-state index < -0.39 is 11.7 Å². The zero-order chi connectivity index (χ0) is 23.3. The van der Waals surface area contributed by atoms with Gasteiger partial charge in [0.05, 0.1) is 18.7 Å². The van der Waals surface area contributed by atoms with Gasteiger partial charge in [-0.05, 0) is 50.6 Å².